The van der Waals surface area contributed by atoms with E-state index in [1.54, 1.807) is 6.92 Å². The summed E-state index contributed by atoms with van der Waals surface area (Å²) in [6, 6.07) is 0. The van der Waals surface area contributed by atoms with Gasteiger partial charge in [-0.2, -0.15) is 0 Å². The molecule has 0 aromatic heterocycles. The van der Waals surface area contributed by atoms with Crippen LogP contribution in [0.3, 0.4) is 0 Å². The summed E-state index contributed by atoms with van der Waals surface area (Å²) in [6.45, 7) is 2.00. The number of carbonyl (C=O) groups is 1. The molecule has 0 aromatic rings. The van der Waals surface area contributed by atoms with Crippen LogP contribution < -0.4 is 0 Å². The van der Waals surface area contributed by atoms with E-state index in [1.165, 1.54) is 0 Å². The summed E-state index contributed by atoms with van der Waals surface area (Å²) < 4.78 is 4.90. The van der Waals surface area contributed by atoms with Crippen molar-refractivity contribution in [1.29, 1.82) is 0 Å². The van der Waals surface area contributed by atoms with E-state index < -0.39 is 6.10 Å². The number of rotatable bonds is 0. The van der Waals surface area contributed by atoms with Gasteiger partial charge in [-0.25, -0.2) is 0 Å². The molecule has 0 radical (unpaired) electrons. The molecule has 9 heavy (non-hydrogen) atoms. The summed E-state index contributed by atoms with van der Waals surface area (Å²) in [5, 5.41) is 8.85. The van der Waals surface area contributed by atoms with Crippen molar-refractivity contribution >= 4 is 5.78 Å². The van der Waals surface area contributed by atoms with Crippen LogP contribution in [0.1, 0.15) is 13.3 Å². The first-order valence-corrected chi connectivity index (χ1v) is 3.02. The van der Waals surface area contributed by atoms with Gasteiger partial charge in [0.05, 0.1) is 12.7 Å². The predicted octanol–water partition coefficient (Wildman–Crippen LogP) is -0.275. The van der Waals surface area contributed by atoms with E-state index in [0.717, 1.165) is 0 Å². The van der Waals surface area contributed by atoms with Crippen molar-refractivity contribution < 1.29 is 14.6 Å². The number of carbonyl (C=O) groups excluding carboxylic acids is 1. The van der Waals surface area contributed by atoms with Gasteiger partial charge in [0.15, 0.2) is 5.78 Å². The van der Waals surface area contributed by atoms with E-state index in [0.29, 0.717) is 6.61 Å². The second-order valence-corrected chi connectivity index (χ2v) is 2.30. The second-order valence-electron chi connectivity index (χ2n) is 2.30. The third-order valence-corrected chi connectivity index (χ3v) is 1.43. The fraction of sp³-hybridized carbons (Fsp3) is 0.833. The van der Waals surface area contributed by atoms with Gasteiger partial charge in [-0.05, 0) is 6.92 Å². The van der Waals surface area contributed by atoms with Crippen LogP contribution in [0.15, 0.2) is 0 Å². The molecular formula is C6H10O3. The zero-order valence-electron chi connectivity index (χ0n) is 5.33. The Morgan fingerprint density at radius 2 is 2.44 bits per heavy atom. The molecule has 1 aliphatic heterocycles. The first-order chi connectivity index (χ1) is 4.20. The summed E-state index contributed by atoms with van der Waals surface area (Å²) >= 11 is 0. The highest BCUT2D eigenvalue weighted by atomic mass is 16.5. The summed E-state index contributed by atoms with van der Waals surface area (Å²) in [5.41, 5.74) is 0. The maximum absolute atomic E-state index is 10.7. The van der Waals surface area contributed by atoms with Crippen LogP contribution in [0.4, 0.5) is 0 Å². The van der Waals surface area contributed by atoms with Crippen molar-refractivity contribution in [3.05, 3.63) is 0 Å². The van der Waals surface area contributed by atoms with E-state index in [9.17, 15) is 4.79 Å². The van der Waals surface area contributed by atoms with Gasteiger partial charge in [0.1, 0.15) is 6.10 Å². The van der Waals surface area contributed by atoms with Crippen LogP contribution in [0.5, 0.6) is 0 Å². The van der Waals surface area contributed by atoms with Crippen molar-refractivity contribution in [3.8, 4) is 0 Å². The molecular weight excluding hydrogens is 120 g/mol. The second kappa shape index (κ2) is 2.45. The minimum Gasteiger partial charge on any atom is -0.390 e. The van der Waals surface area contributed by atoms with Crippen molar-refractivity contribution in [2.24, 2.45) is 0 Å². The van der Waals surface area contributed by atoms with E-state index in [4.69, 9.17) is 9.84 Å². The van der Waals surface area contributed by atoms with Crippen LogP contribution in [0.2, 0.25) is 0 Å². The van der Waals surface area contributed by atoms with Gasteiger partial charge in [-0.1, -0.05) is 0 Å². The van der Waals surface area contributed by atoms with Crippen molar-refractivity contribution in [2.45, 2.75) is 25.6 Å². The Morgan fingerprint density at radius 1 is 1.78 bits per heavy atom. The summed E-state index contributed by atoms with van der Waals surface area (Å²) in [5.74, 6) is -0.00579. The Kier molecular flexibility index (Phi) is 1.83. The number of ether oxygens (including phenoxy) is 1. The summed E-state index contributed by atoms with van der Waals surface area (Å²) in [4.78, 5) is 10.7. The fourth-order valence-electron chi connectivity index (χ4n) is 0.805. The quantitative estimate of drug-likeness (QED) is 0.490. The maximum Gasteiger partial charge on any atom is 0.163 e. The fourth-order valence-corrected chi connectivity index (χ4v) is 0.805. The lowest BCUT2D eigenvalue weighted by Crippen LogP contribution is -2.35. The average molecular weight is 130 g/mol. The minimum atomic E-state index is -0.575. The predicted molar refractivity (Wildman–Crippen MR) is 31.0 cm³/mol. The van der Waals surface area contributed by atoms with Gasteiger partial charge in [0.25, 0.3) is 0 Å². The SMILES string of the molecule is CC1OCC(O)CC1=O. The van der Waals surface area contributed by atoms with E-state index in [1.807, 2.05) is 0 Å². The zero-order chi connectivity index (χ0) is 6.85. The molecule has 0 aromatic carbocycles. The molecule has 0 saturated carbocycles. The molecule has 52 valence electrons. The number of hydrogen-bond acceptors (Lipinski definition) is 3. The first kappa shape index (κ1) is 6.71. The van der Waals surface area contributed by atoms with Gasteiger partial charge in [-0.3, -0.25) is 4.79 Å². The van der Waals surface area contributed by atoms with Crippen LogP contribution in [-0.2, 0) is 9.53 Å². The molecule has 0 bridgehead atoms. The molecule has 2 atom stereocenters. The zero-order valence-corrected chi connectivity index (χ0v) is 5.33. The average Bonchev–Trinajstić information content (AvgIpc) is 1.80. The number of ketones is 1. The van der Waals surface area contributed by atoms with Crippen molar-refractivity contribution in [1.82, 2.24) is 0 Å². The number of Topliss-reactive ketones (excluding diaryl/α,β-unsaturated/α-hetero) is 1. The molecule has 1 aliphatic rings. The topological polar surface area (TPSA) is 46.5 Å². The largest absolute Gasteiger partial charge is 0.390 e. The number of aliphatic hydroxyl groups excluding tert-OH is 1. The van der Waals surface area contributed by atoms with Gasteiger partial charge in [-0.15, -0.1) is 0 Å². The third-order valence-electron chi connectivity index (χ3n) is 1.43. The molecule has 1 heterocycles. The Bertz CT molecular complexity index is 121. The Balaban J connectivity index is 2.44. The molecule has 3 heteroatoms. The monoisotopic (exact) mass is 130 g/mol. The lowest BCUT2D eigenvalue weighted by Gasteiger charge is -2.21. The van der Waals surface area contributed by atoms with Gasteiger partial charge in [0.2, 0.25) is 0 Å². The Labute approximate surface area is 53.6 Å². The molecule has 0 aliphatic carbocycles. The lowest BCUT2D eigenvalue weighted by molar-refractivity contribution is -0.142. The maximum atomic E-state index is 10.7. The molecule has 1 saturated heterocycles. The summed E-state index contributed by atoms with van der Waals surface area (Å²) in [7, 11) is 0. The highest BCUT2D eigenvalue weighted by Gasteiger charge is 2.23. The standard InChI is InChI=1S/C6H10O3/c1-4-6(8)2-5(7)3-9-4/h4-5,7H,2-3H2,1H3. The molecule has 3 nitrogen and oxygen atoms in total. The van der Waals surface area contributed by atoms with Crippen molar-refractivity contribution in [3.63, 3.8) is 0 Å². The summed E-state index contributed by atoms with van der Waals surface area (Å²) in [6.07, 6.45) is -0.636. The molecule has 0 spiro atoms. The highest BCUT2D eigenvalue weighted by molar-refractivity contribution is 5.83. The van der Waals surface area contributed by atoms with E-state index in [-0.39, 0.29) is 18.3 Å². The van der Waals surface area contributed by atoms with Crippen molar-refractivity contribution in [2.75, 3.05) is 6.61 Å². The van der Waals surface area contributed by atoms with Crippen LogP contribution in [0, 0.1) is 0 Å². The van der Waals surface area contributed by atoms with Gasteiger partial charge in [0, 0.05) is 6.42 Å². The lowest BCUT2D eigenvalue weighted by atomic mass is 10.1. The molecule has 1 fully saturated rings. The minimum absolute atomic E-state index is 0.00579. The van der Waals surface area contributed by atoms with E-state index >= 15 is 0 Å². The highest BCUT2D eigenvalue weighted by Crippen LogP contribution is 2.08. The number of hydrogen-bond donors (Lipinski definition) is 1. The number of aliphatic hydroxyl groups is 1. The molecule has 2 unspecified atom stereocenters. The van der Waals surface area contributed by atoms with Crippen LogP contribution in [0.25, 0.3) is 0 Å². The molecule has 1 N–H and O–H groups in total. The van der Waals surface area contributed by atoms with Gasteiger partial charge < -0.3 is 9.84 Å². The van der Waals surface area contributed by atoms with Crippen LogP contribution >= 0.6 is 0 Å². The Hall–Kier alpha value is -0.410. The third kappa shape index (κ3) is 1.50. The van der Waals surface area contributed by atoms with E-state index in [2.05, 4.69) is 0 Å². The van der Waals surface area contributed by atoms with Crippen LogP contribution in [-0.4, -0.2) is 29.7 Å². The smallest absolute Gasteiger partial charge is 0.163 e. The molecule has 0 amide bonds. The van der Waals surface area contributed by atoms with Gasteiger partial charge >= 0.3 is 0 Å². The molecule has 1 rings (SSSR count). The Morgan fingerprint density at radius 3 is 2.89 bits per heavy atom. The first-order valence-electron chi connectivity index (χ1n) is 3.02. The normalized spacial score (nSPS) is 36.9.